The fourth-order valence-corrected chi connectivity index (χ4v) is 5.10. The standard InChI is InChI=1S/C21H26N6O2S/c28-19(8-7-18-22-20(25-29-18)16-9-12-30-14-16)26-10-4-5-15(13-26)21-24-23-17-6-2-1-3-11-27(17)21/h9,12,14-15H,1-8,10-11,13H2. The summed E-state index contributed by atoms with van der Waals surface area (Å²) >= 11 is 1.60. The van der Waals surface area contributed by atoms with E-state index in [0.29, 0.717) is 24.6 Å². The van der Waals surface area contributed by atoms with Gasteiger partial charge in [-0.2, -0.15) is 16.3 Å². The lowest BCUT2D eigenvalue weighted by Crippen LogP contribution is -2.40. The van der Waals surface area contributed by atoms with Gasteiger partial charge in [0.05, 0.1) is 0 Å². The number of likely N-dealkylation sites (tertiary alicyclic amines) is 1. The van der Waals surface area contributed by atoms with Gasteiger partial charge in [0.15, 0.2) is 0 Å². The highest BCUT2D eigenvalue weighted by Crippen LogP contribution is 2.28. The second-order valence-electron chi connectivity index (χ2n) is 8.14. The van der Waals surface area contributed by atoms with Crippen LogP contribution < -0.4 is 0 Å². The Balaban J connectivity index is 1.20. The van der Waals surface area contributed by atoms with Gasteiger partial charge < -0.3 is 14.0 Å². The van der Waals surface area contributed by atoms with E-state index in [-0.39, 0.29) is 11.8 Å². The van der Waals surface area contributed by atoms with Crippen molar-refractivity contribution in [2.24, 2.45) is 0 Å². The van der Waals surface area contributed by atoms with Gasteiger partial charge in [-0.25, -0.2) is 0 Å². The summed E-state index contributed by atoms with van der Waals surface area (Å²) in [4.78, 5) is 19.3. The number of carbonyl (C=O) groups is 1. The fourth-order valence-electron chi connectivity index (χ4n) is 4.46. The second-order valence-corrected chi connectivity index (χ2v) is 8.92. The average Bonchev–Trinajstić information content (AvgIpc) is 3.51. The molecule has 0 aromatic carbocycles. The lowest BCUT2D eigenvalue weighted by molar-refractivity contribution is -0.132. The van der Waals surface area contributed by atoms with Crippen LogP contribution in [0.3, 0.4) is 0 Å². The molecule has 1 fully saturated rings. The van der Waals surface area contributed by atoms with E-state index in [1.165, 1.54) is 19.3 Å². The van der Waals surface area contributed by atoms with Crippen LogP contribution in [0.5, 0.6) is 0 Å². The summed E-state index contributed by atoms with van der Waals surface area (Å²) in [6.45, 7) is 2.53. The number of rotatable bonds is 5. The van der Waals surface area contributed by atoms with Crippen molar-refractivity contribution in [3.63, 3.8) is 0 Å². The Kier molecular flexibility index (Phi) is 5.61. The molecule has 5 heterocycles. The summed E-state index contributed by atoms with van der Waals surface area (Å²) in [6, 6.07) is 1.96. The highest BCUT2D eigenvalue weighted by Gasteiger charge is 2.29. The first-order valence-electron chi connectivity index (χ1n) is 10.8. The van der Waals surface area contributed by atoms with Crippen LogP contribution in [0.25, 0.3) is 11.4 Å². The van der Waals surface area contributed by atoms with E-state index in [2.05, 4.69) is 24.9 Å². The lowest BCUT2D eigenvalue weighted by Gasteiger charge is -2.32. The van der Waals surface area contributed by atoms with Gasteiger partial charge in [-0.05, 0) is 37.1 Å². The number of amides is 1. The minimum absolute atomic E-state index is 0.144. The molecule has 2 aliphatic rings. The zero-order valence-electron chi connectivity index (χ0n) is 17.0. The van der Waals surface area contributed by atoms with E-state index in [4.69, 9.17) is 4.52 Å². The van der Waals surface area contributed by atoms with Crippen LogP contribution in [0.1, 0.15) is 62.0 Å². The third-order valence-electron chi connectivity index (χ3n) is 6.08. The van der Waals surface area contributed by atoms with Gasteiger partial charge in [-0.15, -0.1) is 10.2 Å². The van der Waals surface area contributed by atoms with E-state index in [9.17, 15) is 4.79 Å². The van der Waals surface area contributed by atoms with E-state index < -0.39 is 0 Å². The minimum Gasteiger partial charge on any atom is -0.342 e. The molecule has 1 amide bonds. The number of hydrogen-bond acceptors (Lipinski definition) is 7. The van der Waals surface area contributed by atoms with Crippen molar-refractivity contribution >= 4 is 17.2 Å². The van der Waals surface area contributed by atoms with Gasteiger partial charge in [0.25, 0.3) is 0 Å². The molecule has 0 N–H and O–H groups in total. The predicted molar refractivity (Wildman–Crippen MR) is 112 cm³/mol. The SMILES string of the molecule is O=C(CCc1nc(-c2ccsc2)no1)N1CCCC(c2nnc3n2CCCCC3)C1. The number of thiophene rings is 1. The summed E-state index contributed by atoms with van der Waals surface area (Å²) in [5, 5.41) is 17.0. The third kappa shape index (κ3) is 4.03. The lowest BCUT2D eigenvalue weighted by atomic mass is 9.96. The maximum Gasteiger partial charge on any atom is 0.227 e. The Morgan fingerprint density at radius 2 is 2.17 bits per heavy atom. The van der Waals surface area contributed by atoms with Crippen molar-refractivity contribution in [2.75, 3.05) is 13.1 Å². The molecule has 0 saturated carbocycles. The highest BCUT2D eigenvalue weighted by molar-refractivity contribution is 7.08. The molecule has 0 bridgehead atoms. The third-order valence-corrected chi connectivity index (χ3v) is 6.76. The van der Waals surface area contributed by atoms with Gasteiger partial charge in [0.1, 0.15) is 11.6 Å². The van der Waals surface area contributed by atoms with Crippen molar-refractivity contribution in [3.8, 4) is 11.4 Å². The largest absolute Gasteiger partial charge is 0.342 e. The number of hydrogen-bond donors (Lipinski definition) is 0. The van der Waals surface area contributed by atoms with Crippen LogP contribution in [-0.2, 0) is 24.2 Å². The molecule has 8 nitrogen and oxygen atoms in total. The van der Waals surface area contributed by atoms with Gasteiger partial charge >= 0.3 is 0 Å². The molecule has 1 unspecified atom stereocenters. The van der Waals surface area contributed by atoms with Crippen molar-refractivity contribution in [1.29, 1.82) is 0 Å². The number of aryl methyl sites for hydroxylation is 2. The molecule has 158 valence electrons. The van der Waals surface area contributed by atoms with Crippen molar-refractivity contribution in [1.82, 2.24) is 29.8 Å². The quantitative estimate of drug-likeness (QED) is 0.621. The molecule has 3 aromatic heterocycles. The van der Waals surface area contributed by atoms with Crippen LogP contribution in [0.2, 0.25) is 0 Å². The van der Waals surface area contributed by atoms with Gasteiger partial charge in [-0.1, -0.05) is 11.6 Å². The minimum atomic E-state index is 0.144. The number of aromatic nitrogens is 5. The summed E-state index contributed by atoms with van der Waals surface area (Å²) < 4.78 is 7.65. The molecule has 0 spiro atoms. The molecular weight excluding hydrogens is 400 g/mol. The van der Waals surface area contributed by atoms with Crippen molar-refractivity contribution in [3.05, 3.63) is 34.4 Å². The summed E-state index contributed by atoms with van der Waals surface area (Å²) in [5.74, 6) is 3.71. The highest BCUT2D eigenvalue weighted by atomic mass is 32.1. The van der Waals surface area contributed by atoms with Crippen LogP contribution in [0, 0.1) is 0 Å². The van der Waals surface area contributed by atoms with Crippen molar-refractivity contribution < 1.29 is 9.32 Å². The first-order chi connectivity index (χ1) is 14.8. The normalized spacial score (nSPS) is 19.5. The van der Waals surface area contributed by atoms with Crippen molar-refractivity contribution in [2.45, 2.75) is 63.8 Å². The van der Waals surface area contributed by atoms with E-state index in [1.54, 1.807) is 11.3 Å². The van der Waals surface area contributed by atoms with Gasteiger partial charge in [0.2, 0.25) is 17.6 Å². The number of carbonyl (C=O) groups excluding carboxylic acids is 1. The van der Waals surface area contributed by atoms with Gasteiger partial charge in [-0.3, -0.25) is 4.79 Å². The Labute approximate surface area is 179 Å². The van der Waals surface area contributed by atoms with E-state index in [0.717, 1.165) is 56.1 Å². The molecule has 30 heavy (non-hydrogen) atoms. The maximum absolute atomic E-state index is 12.9. The first-order valence-corrected chi connectivity index (χ1v) is 11.8. The van der Waals surface area contributed by atoms with E-state index >= 15 is 0 Å². The van der Waals surface area contributed by atoms with Gasteiger partial charge in [0, 0.05) is 55.8 Å². The zero-order chi connectivity index (χ0) is 20.3. The van der Waals surface area contributed by atoms with E-state index in [1.807, 2.05) is 21.7 Å². The number of nitrogens with zero attached hydrogens (tertiary/aromatic N) is 6. The summed E-state index contributed by atoms with van der Waals surface area (Å²) in [6.07, 6.45) is 7.56. The molecule has 5 rings (SSSR count). The summed E-state index contributed by atoms with van der Waals surface area (Å²) in [7, 11) is 0. The topological polar surface area (TPSA) is 89.9 Å². The molecule has 9 heteroatoms. The summed E-state index contributed by atoms with van der Waals surface area (Å²) in [5.41, 5.74) is 0.952. The molecule has 0 aliphatic carbocycles. The smallest absolute Gasteiger partial charge is 0.227 e. The molecule has 2 aliphatic heterocycles. The van der Waals surface area contributed by atoms with Crippen LogP contribution in [0.4, 0.5) is 0 Å². The number of piperidine rings is 1. The second kappa shape index (κ2) is 8.67. The monoisotopic (exact) mass is 426 g/mol. The van der Waals surface area contributed by atoms with Crippen LogP contribution in [0.15, 0.2) is 21.3 Å². The zero-order valence-corrected chi connectivity index (χ0v) is 17.8. The first kappa shape index (κ1) is 19.4. The molecule has 1 saturated heterocycles. The Morgan fingerprint density at radius 3 is 3.07 bits per heavy atom. The average molecular weight is 427 g/mol. The molecule has 1 atom stereocenters. The van der Waals surface area contributed by atoms with Crippen LogP contribution in [-0.4, -0.2) is 48.8 Å². The predicted octanol–water partition coefficient (Wildman–Crippen LogP) is 3.45. The number of fused-ring (bicyclic) bond motifs is 1. The van der Waals surface area contributed by atoms with Crippen LogP contribution >= 0.6 is 11.3 Å². The molecule has 3 aromatic rings. The fraction of sp³-hybridized carbons (Fsp3) is 0.571. The molecular formula is C21H26N6O2S. The Morgan fingerprint density at radius 1 is 1.20 bits per heavy atom. The Bertz CT molecular complexity index is 995. The Hall–Kier alpha value is -2.55. The maximum atomic E-state index is 12.9. The molecule has 0 radical (unpaired) electrons.